The molecule has 1 saturated heterocycles. The molecule has 0 aliphatic carbocycles. The van der Waals surface area contributed by atoms with Gasteiger partial charge in [0, 0.05) is 25.2 Å². The minimum atomic E-state index is -0.208. The molecule has 0 atom stereocenters. The molecule has 33 heavy (non-hydrogen) atoms. The summed E-state index contributed by atoms with van der Waals surface area (Å²) < 4.78 is 3.25. The number of nitrogens with one attached hydrogen (secondary N) is 1. The topological polar surface area (TPSA) is 96.8 Å². The van der Waals surface area contributed by atoms with E-state index in [9.17, 15) is 9.59 Å². The molecule has 1 aliphatic rings. The van der Waals surface area contributed by atoms with E-state index < -0.39 is 0 Å². The number of rotatable bonds is 3. The molecule has 4 aromatic heterocycles. The van der Waals surface area contributed by atoms with Gasteiger partial charge in [-0.05, 0) is 48.9 Å². The van der Waals surface area contributed by atoms with E-state index in [-0.39, 0.29) is 11.5 Å². The van der Waals surface area contributed by atoms with Gasteiger partial charge in [-0.2, -0.15) is 5.10 Å². The van der Waals surface area contributed by atoms with Crippen LogP contribution in [-0.2, 0) is 0 Å². The molecule has 0 saturated carbocycles. The van der Waals surface area contributed by atoms with Crippen molar-refractivity contribution in [2.45, 2.75) is 25.7 Å². The second-order valence-electron chi connectivity index (χ2n) is 8.29. The number of aromatic amines is 1. The van der Waals surface area contributed by atoms with Gasteiger partial charge in [-0.3, -0.25) is 14.6 Å². The van der Waals surface area contributed by atoms with Crippen LogP contribution in [0.4, 0.5) is 0 Å². The molecule has 1 amide bonds. The zero-order chi connectivity index (χ0) is 22.5. The van der Waals surface area contributed by atoms with Crippen LogP contribution in [0.1, 0.15) is 39.7 Å². The average Bonchev–Trinajstić information content (AvgIpc) is 3.57. The second kappa shape index (κ2) is 7.89. The summed E-state index contributed by atoms with van der Waals surface area (Å²) in [5, 5.41) is 7.25. The minimum Gasteiger partial charge on any atom is -0.339 e. The van der Waals surface area contributed by atoms with Crippen molar-refractivity contribution in [2.24, 2.45) is 0 Å². The largest absolute Gasteiger partial charge is 0.339 e. The molecule has 166 valence electrons. The Bertz CT molecular complexity index is 1550. The van der Waals surface area contributed by atoms with Gasteiger partial charge in [0.05, 0.1) is 32.5 Å². The number of piperidine rings is 1. The van der Waals surface area contributed by atoms with Crippen LogP contribution >= 0.6 is 22.7 Å². The minimum absolute atomic E-state index is 0.0569. The van der Waals surface area contributed by atoms with E-state index in [4.69, 9.17) is 4.98 Å². The zero-order valence-corrected chi connectivity index (χ0v) is 19.4. The number of thiophene rings is 1. The van der Waals surface area contributed by atoms with E-state index in [1.807, 2.05) is 10.3 Å². The van der Waals surface area contributed by atoms with Crippen molar-refractivity contribution in [1.82, 2.24) is 29.6 Å². The van der Waals surface area contributed by atoms with E-state index >= 15 is 0 Å². The van der Waals surface area contributed by atoms with Gasteiger partial charge in [0.2, 0.25) is 5.95 Å². The lowest BCUT2D eigenvalue weighted by molar-refractivity contribution is 0.0713. The Morgan fingerprint density at radius 3 is 2.85 bits per heavy atom. The van der Waals surface area contributed by atoms with Crippen LogP contribution in [0.5, 0.6) is 0 Å². The zero-order valence-electron chi connectivity index (χ0n) is 17.8. The number of amides is 1. The first-order chi connectivity index (χ1) is 16.0. The van der Waals surface area contributed by atoms with Gasteiger partial charge in [-0.15, -0.1) is 22.7 Å². The quantitative estimate of drug-likeness (QED) is 0.423. The van der Waals surface area contributed by atoms with Crippen LogP contribution in [0.25, 0.3) is 26.4 Å². The normalized spacial score (nSPS) is 15.0. The van der Waals surface area contributed by atoms with E-state index in [1.165, 1.54) is 32.5 Å². The maximum Gasteiger partial charge on any atom is 0.270 e. The first-order valence-electron chi connectivity index (χ1n) is 10.7. The summed E-state index contributed by atoms with van der Waals surface area (Å²) in [5.41, 5.74) is 3.19. The lowest BCUT2D eigenvalue weighted by Crippen LogP contribution is -2.37. The van der Waals surface area contributed by atoms with Crippen molar-refractivity contribution in [1.29, 1.82) is 0 Å². The summed E-state index contributed by atoms with van der Waals surface area (Å²) in [6, 6.07) is 8.16. The number of H-pyrrole nitrogens is 1. The van der Waals surface area contributed by atoms with Crippen molar-refractivity contribution in [3.8, 4) is 5.95 Å². The van der Waals surface area contributed by atoms with Gasteiger partial charge in [-0.1, -0.05) is 6.07 Å². The summed E-state index contributed by atoms with van der Waals surface area (Å²) in [6.07, 6.45) is 4.94. The fourth-order valence-corrected chi connectivity index (χ4v) is 6.22. The van der Waals surface area contributed by atoms with Crippen LogP contribution in [0, 0.1) is 6.92 Å². The molecule has 1 N–H and O–H groups in total. The van der Waals surface area contributed by atoms with Gasteiger partial charge in [-0.25, -0.2) is 14.6 Å². The van der Waals surface area contributed by atoms with E-state index in [0.29, 0.717) is 40.7 Å². The summed E-state index contributed by atoms with van der Waals surface area (Å²) >= 11 is 3.11. The molecule has 1 fully saturated rings. The maximum atomic E-state index is 13.1. The van der Waals surface area contributed by atoms with Crippen molar-refractivity contribution in [2.75, 3.05) is 13.1 Å². The Labute approximate surface area is 196 Å². The number of likely N-dealkylation sites (tertiary alicyclic amines) is 1. The number of carbonyl (C=O) groups is 1. The lowest BCUT2D eigenvalue weighted by atomic mass is 9.97. The molecular formula is C23H20N6O2S2. The highest BCUT2D eigenvalue weighted by atomic mass is 32.1. The Morgan fingerprint density at radius 2 is 2.00 bits per heavy atom. The van der Waals surface area contributed by atoms with Crippen molar-refractivity contribution < 1.29 is 4.79 Å². The fourth-order valence-electron chi connectivity index (χ4n) is 4.25. The lowest BCUT2D eigenvalue weighted by Gasteiger charge is -2.30. The van der Waals surface area contributed by atoms with E-state index in [0.717, 1.165) is 23.4 Å². The van der Waals surface area contributed by atoms with Crippen LogP contribution in [-0.4, -0.2) is 48.6 Å². The van der Waals surface area contributed by atoms with Gasteiger partial charge < -0.3 is 4.90 Å². The van der Waals surface area contributed by atoms with Gasteiger partial charge in [0.1, 0.15) is 4.70 Å². The molecule has 1 aromatic carbocycles. The monoisotopic (exact) mass is 476 g/mol. The highest BCUT2D eigenvalue weighted by molar-refractivity contribution is 7.18. The highest BCUT2D eigenvalue weighted by Gasteiger charge is 2.27. The van der Waals surface area contributed by atoms with Crippen molar-refractivity contribution >= 4 is 49.0 Å². The molecule has 1 aliphatic heterocycles. The first kappa shape index (κ1) is 20.3. The number of hydrogen-bond acceptors (Lipinski definition) is 7. The first-order valence-corrected chi connectivity index (χ1v) is 12.4. The highest BCUT2D eigenvalue weighted by Crippen LogP contribution is 2.34. The van der Waals surface area contributed by atoms with Gasteiger partial charge >= 0.3 is 0 Å². The third kappa shape index (κ3) is 3.65. The Hall–Kier alpha value is -3.37. The van der Waals surface area contributed by atoms with Gasteiger partial charge in [0.15, 0.2) is 0 Å². The number of carbonyl (C=O) groups excluding carboxylic acids is 1. The smallest absolute Gasteiger partial charge is 0.270 e. The SMILES string of the molecule is Cc1ccc2nc(C3CCN(C(=O)c4cnn(-c5nc6ccsc6c(=O)[nH]5)c4)CC3)sc2c1. The van der Waals surface area contributed by atoms with Crippen molar-refractivity contribution in [3.05, 3.63) is 68.5 Å². The summed E-state index contributed by atoms with van der Waals surface area (Å²) in [6.45, 7) is 3.46. The van der Waals surface area contributed by atoms with Crippen LogP contribution < -0.4 is 5.56 Å². The summed E-state index contributed by atoms with van der Waals surface area (Å²) in [5.74, 6) is 0.620. The molecule has 0 unspecified atom stereocenters. The van der Waals surface area contributed by atoms with Crippen LogP contribution in [0.2, 0.25) is 0 Å². The third-order valence-electron chi connectivity index (χ3n) is 6.04. The number of thiazole rings is 1. The molecule has 0 bridgehead atoms. The molecular weight excluding hydrogens is 456 g/mol. The molecule has 6 rings (SSSR count). The van der Waals surface area contributed by atoms with E-state index in [2.05, 4.69) is 40.2 Å². The van der Waals surface area contributed by atoms with Crippen LogP contribution in [0.15, 0.2) is 46.8 Å². The molecule has 10 heteroatoms. The predicted molar refractivity (Wildman–Crippen MR) is 130 cm³/mol. The maximum absolute atomic E-state index is 13.1. The van der Waals surface area contributed by atoms with E-state index in [1.54, 1.807) is 23.6 Å². The average molecular weight is 477 g/mol. The molecule has 5 heterocycles. The number of hydrogen-bond donors (Lipinski definition) is 1. The number of aromatic nitrogens is 5. The summed E-state index contributed by atoms with van der Waals surface area (Å²) in [4.78, 5) is 39.2. The van der Waals surface area contributed by atoms with Crippen molar-refractivity contribution in [3.63, 3.8) is 0 Å². The number of benzene rings is 1. The molecule has 0 spiro atoms. The number of nitrogens with zero attached hydrogens (tertiary/aromatic N) is 5. The number of fused-ring (bicyclic) bond motifs is 2. The number of aryl methyl sites for hydroxylation is 1. The molecule has 8 nitrogen and oxygen atoms in total. The van der Waals surface area contributed by atoms with Gasteiger partial charge in [0.25, 0.3) is 11.5 Å². The Morgan fingerprint density at radius 1 is 1.15 bits per heavy atom. The molecule has 5 aromatic rings. The summed E-state index contributed by atoms with van der Waals surface area (Å²) in [7, 11) is 0. The van der Waals surface area contributed by atoms with Crippen LogP contribution in [0.3, 0.4) is 0 Å². The third-order valence-corrected chi connectivity index (χ3v) is 8.12. The fraction of sp³-hybridized carbons (Fsp3) is 0.261. The standard InChI is InChI=1S/C23H20N6O2S2/c1-13-2-3-16-18(10-13)33-21(25-16)14-4-7-28(8-5-14)22(31)15-11-24-29(12-15)23-26-17-6-9-32-19(17)20(30)27-23/h2-3,6,9-12,14H,4-5,7-8H2,1H3,(H,26,27,30). The second-order valence-corrected chi connectivity index (χ2v) is 10.3. The Kier molecular flexibility index (Phi) is 4.84. The molecule has 0 radical (unpaired) electrons. The Balaban J connectivity index is 1.16. The predicted octanol–water partition coefficient (Wildman–Crippen LogP) is 4.11.